The van der Waals surface area contributed by atoms with Gasteiger partial charge in [0.05, 0.1) is 10.6 Å². The van der Waals surface area contributed by atoms with Crippen molar-refractivity contribution in [2.24, 2.45) is 5.92 Å². The van der Waals surface area contributed by atoms with Gasteiger partial charge < -0.3 is 15.3 Å². The molecular formula is C26H23ClN2O4. The van der Waals surface area contributed by atoms with Gasteiger partial charge >= 0.3 is 5.97 Å². The van der Waals surface area contributed by atoms with Gasteiger partial charge in [-0.15, -0.1) is 0 Å². The normalized spacial score (nSPS) is 13.7. The molecule has 0 radical (unpaired) electrons. The SMILES string of the molecule is CC(C)C(C(=O)O)N1Cc2ccc(-c3ccc(NC(=O)c4ccccc4Cl)cc3)cc2C1=O. The third kappa shape index (κ3) is 4.47. The first-order valence-corrected chi connectivity index (χ1v) is 11.0. The van der Waals surface area contributed by atoms with Crippen molar-refractivity contribution in [3.05, 3.63) is 88.4 Å². The molecule has 4 rings (SSSR count). The molecule has 1 unspecified atom stereocenters. The van der Waals surface area contributed by atoms with Crippen molar-refractivity contribution in [2.45, 2.75) is 26.4 Å². The summed E-state index contributed by atoms with van der Waals surface area (Å²) < 4.78 is 0. The van der Waals surface area contributed by atoms with Crippen LogP contribution in [0.1, 0.15) is 40.1 Å². The van der Waals surface area contributed by atoms with Crippen LogP contribution in [0.15, 0.2) is 66.7 Å². The van der Waals surface area contributed by atoms with E-state index >= 15 is 0 Å². The summed E-state index contributed by atoms with van der Waals surface area (Å²) in [4.78, 5) is 38.6. The van der Waals surface area contributed by atoms with Gasteiger partial charge in [0, 0.05) is 17.8 Å². The first kappa shape index (κ1) is 22.6. The number of nitrogens with zero attached hydrogens (tertiary/aromatic N) is 1. The van der Waals surface area contributed by atoms with E-state index < -0.39 is 12.0 Å². The summed E-state index contributed by atoms with van der Waals surface area (Å²) in [6, 6.07) is 18.8. The van der Waals surface area contributed by atoms with Crippen molar-refractivity contribution < 1.29 is 19.5 Å². The number of anilines is 1. The third-order valence-corrected chi connectivity index (χ3v) is 6.09. The Morgan fingerprint density at radius 1 is 1.00 bits per heavy atom. The molecular weight excluding hydrogens is 440 g/mol. The standard InChI is InChI=1S/C26H23ClN2O4/c1-15(2)23(26(32)33)29-14-18-8-7-17(13-21(18)25(29)31)16-9-11-19(12-10-16)28-24(30)20-5-3-4-6-22(20)27/h3-13,15,23H,14H2,1-2H3,(H,28,30)(H,32,33). The van der Waals surface area contributed by atoms with Gasteiger partial charge in [-0.2, -0.15) is 0 Å². The number of hydrogen-bond donors (Lipinski definition) is 2. The molecule has 1 aliphatic heterocycles. The highest BCUT2D eigenvalue weighted by Crippen LogP contribution is 2.31. The number of rotatable bonds is 6. The number of benzene rings is 3. The first-order valence-electron chi connectivity index (χ1n) is 10.6. The molecule has 3 aromatic rings. The minimum Gasteiger partial charge on any atom is -0.480 e. The maximum atomic E-state index is 13.0. The molecule has 0 fully saturated rings. The molecule has 6 nitrogen and oxygen atoms in total. The second-order valence-corrected chi connectivity index (χ2v) is 8.75. The molecule has 33 heavy (non-hydrogen) atoms. The molecule has 1 aliphatic rings. The van der Waals surface area contributed by atoms with E-state index in [1.54, 1.807) is 56.3 Å². The molecule has 0 saturated carbocycles. The number of carboxylic acid groups (broad SMARTS) is 1. The Labute approximate surface area is 196 Å². The molecule has 0 bridgehead atoms. The number of aliphatic carboxylic acids is 1. The second-order valence-electron chi connectivity index (χ2n) is 8.34. The fourth-order valence-corrected chi connectivity index (χ4v) is 4.32. The lowest BCUT2D eigenvalue weighted by Gasteiger charge is -2.27. The average molecular weight is 463 g/mol. The Morgan fingerprint density at radius 3 is 2.30 bits per heavy atom. The fraction of sp³-hybridized carbons (Fsp3) is 0.192. The molecule has 0 aromatic heterocycles. The summed E-state index contributed by atoms with van der Waals surface area (Å²) in [7, 11) is 0. The van der Waals surface area contributed by atoms with Crippen molar-refractivity contribution in [2.75, 3.05) is 5.32 Å². The zero-order valence-corrected chi connectivity index (χ0v) is 19.0. The first-order chi connectivity index (χ1) is 15.8. The van der Waals surface area contributed by atoms with Crippen molar-refractivity contribution in [3.8, 4) is 11.1 Å². The Hall–Kier alpha value is -3.64. The zero-order chi connectivity index (χ0) is 23.7. The van der Waals surface area contributed by atoms with Crippen LogP contribution in [-0.2, 0) is 11.3 Å². The van der Waals surface area contributed by atoms with Gasteiger partial charge in [0.2, 0.25) is 0 Å². The van der Waals surface area contributed by atoms with Gasteiger partial charge in [0.15, 0.2) is 0 Å². The van der Waals surface area contributed by atoms with Crippen LogP contribution in [0, 0.1) is 5.92 Å². The van der Waals surface area contributed by atoms with Gasteiger partial charge in [-0.3, -0.25) is 9.59 Å². The summed E-state index contributed by atoms with van der Waals surface area (Å²) in [6.07, 6.45) is 0. The van der Waals surface area contributed by atoms with Crippen molar-refractivity contribution in [1.29, 1.82) is 0 Å². The molecule has 2 amide bonds. The highest BCUT2D eigenvalue weighted by atomic mass is 35.5. The fourth-order valence-electron chi connectivity index (χ4n) is 4.10. The summed E-state index contributed by atoms with van der Waals surface area (Å²) in [5.41, 5.74) is 4.07. The number of carbonyl (C=O) groups is 3. The lowest BCUT2D eigenvalue weighted by molar-refractivity contribution is -0.144. The van der Waals surface area contributed by atoms with E-state index in [2.05, 4.69) is 5.32 Å². The van der Waals surface area contributed by atoms with E-state index in [1.807, 2.05) is 24.3 Å². The van der Waals surface area contributed by atoms with E-state index in [1.165, 1.54) is 4.90 Å². The Bertz CT molecular complexity index is 1240. The average Bonchev–Trinajstić information content (AvgIpc) is 3.09. The number of amides is 2. The Kier molecular flexibility index (Phi) is 6.20. The van der Waals surface area contributed by atoms with Crippen molar-refractivity contribution >= 4 is 35.1 Å². The number of fused-ring (bicyclic) bond motifs is 1. The molecule has 0 aliphatic carbocycles. The number of carbonyl (C=O) groups excluding carboxylic acids is 2. The van der Waals surface area contributed by atoms with Crippen LogP contribution in [0.2, 0.25) is 5.02 Å². The van der Waals surface area contributed by atoms with Crippen LogP contribution in [-0.4, -0.2) is 33.8 Å². The summed E-state index contributed by atoms with van der Waals surface area (Å²) in [5.74, 6) is -1.76. The predicted octanol–water partition coefficient (Wildman–Crippen LogP) is 5.32. The van der Waals surface area contributed by atoms with E-state index in [9.17, 15) is 19.5 Å². The van der Waals surface area contributed by atoms with Gasteiger partial charge in [-0.1, -0.05) is 61.8 Å². The Balaban J connectivity index is 1.53. The molecule has 3 aromatic carbocycles. The van der Waals surface area contributed by atoms with Gasteiger partial charge in [-0.25, -0.2) is 4.79 Å². The zero-order valence-electron chi connectivity index (χ0n) is 18.2. The van der Waals surface area contributed by atoms with Crippen LogP contribution in [0.5, 0.6) is 0 Å². The molecule has 168 valence electrons. The molecule has 0 spiro atoms. The number of halogens is 1. The van der Waals surface area contributed by atoms with Crippen LogP contribution in [0.25, 0.3) is 11.1 Å². The molecule has 2 N–H and O–H groups in total. The minimum atomic E-state index is -0.999. The van der Waals surface area contributed by atoms with Gasteiger partial charge in [-0.05, 0) is 52.9 Å². The van der Waals surface area contributed by atoms with Crippen LogP contribution < -0.4 is 5.32 Å². The largest absolute Gasteiger partial charge is 0.480 e. The van der Waals surface area contributed by atoms with E-state index in [0.29, 0.717) is 21.8 Å². The molecule has 1 heterocycles. The number of nitrogens with one attached hydrogen (secondary N) is 1. The number of carboxylic acids is 1. The number of hydrogen-bond acceptors (Lipinski definition) is 3. The molecule has 7 heteroatoms. The van der Waals surface area contributed by atoms with Crippen molar-refractivity contribution in [1.82, 2.24) is 4.90 Å². The molecule has 1 atom stereocenters. The highest BCUT2D eigenvalue weighted by molar-refractivity contribution is 6.34. The molecule has 0 saturated heterocycles. The maximum absolute atomic E-state index is 13.0. The summed E-state index contributed by atoms with van der Waals surface area (Å²) in [5, 5.41) is 12.8. The Morgan fingerprint density at radius 2 is 1.67 bits per heavy atom. The lowest BCUT2D eigenvalue weighted by Crippen LogP contribution is -2.44. The topological polar surface area (TPSA) is 86.7 Å². The lowest BCUT2D eigenvalue weighted by atomic mass is 10.00. The monoisotopic (exact) mass is 462 g/mol. The quantitative estimate of drug-likeness (QED) is 0.518. The minimum absolute atomic E-state index is 0.200. The van der Waals surface area contributed by atoms with E-state index in [-0.39, 0.29) is 24.3 Å². The third-order valence-electron chi connectivity index (χ3n) is 5.76. The van der Waals surface area contributed by atoms with Gasteiger partial charge in [0.1, 0.15) is 6.04 Å². The maximum Gasteiger partial charge on any atom is 0.326 e. The van der Waals surface area contributed by atoms with Crippen molar-refractivity contribution in [3.63, 3.8) is 0 Å². The van der Waals surface area contributed by atoms with Crippen LogP contribution in [0.3, 0.4) is 0 Å². The summed E-state index contributed by atoms with van der Waals surface area (Å²) >= 11 is 6.09. The van der Waals surface area contributed by atoms with Gasteiger partial charge in [0.25, 0.3) is 11.8 Å². The highest BCUT2D eigenvalue weighted by Gasteiger charge is 2.38. The smallest absolute Gasteiger partial charge is 0.326 e. The van der Waals surface area contributed by atoms with Crippen LogP contribution in [0.4, 0.5) is 5.69 Å². The second kappa shape index (κ2) is 9.08. The summed E-state index contributed by atoms with van der Waals surface area (Å²) in [6.45, 7) is 3.88. The van der Waals surface area contributed by atoms with Crippen LogP contribution >= 0.6 is 11.6 Å². The van der Waals surface area contributed by atoms with E-state index in [4.69, 9.17) is 11.6 Å². The van der Waals surface area contributed by atoms with E-state index in [0.717, 1.165) is 16.7 Å². The predicted molar refractivity (Wildman–Crippen MR) is 127 cm³/mol.